The SMILES string of the molecule is COc1ccc([C@@H]2Oc3c(OC)cc(Cn4c(=O)[nH]c5cccnc54)cc3OC2C)cn1. The molecule has 9 nitrogen and oxygen atoms in total. The second-order valence-electron chi connectivity index (χ2n) is 7.51. The number of rotatable bonds is 5. The molecule has 0 saturated heterocycles. The van der Waals surface area contributed by atoms with E-state index in [9.17, 15) is 4.79 Å². The Morgan fingerprint density at radius 3 is 2.75 bits per heavy atom. The Kier molecular flexibility index (Phi) is 4.93. The van der Waals surface area contributed by atoms with E-state index in [0.717, 1.165) is 11.1 Å². The molecule has 0 aliphatic carbocycles. The number of nitrogens with zero attached hydrogens (tertiary/aromatic N) is 3. The van der Waals surface area contributed by atoms with Crippen molar-refractivity contribution in [2.45, 2.75) is 25.7 Å². The van der Waals surface area contributed by atoms with Crippen LogP contribution in [0.5, 0.6) is 23.1 Å². The molecule has 0 radical (unpaired) electrons. The Hall–Kier alpha value is -4.01. The van der Waals surface area contributed by atoms with Crippen molar-refractivity contribution in [2.24, 2.45) is 0 Å². The van der Waals surface area contributed by atoms with E-state index in [1.54, 1.807) is 43.3 Å². The minimum atomic E-state index is -0.360. The first-order chi connectivity index (χ1) is 15.6. The van der Waals surface area contributed by atoms with Crippen LogP contribution in [0.15, 0.2) is 53.6 Å². The van der Waals surface area contributed by atoms with Gasteiger partial charge in [-0.05, 0) is 42.8 Å². The predicted molar refractivity (Wildman–Crippen MR) is 117 cm³/mol. The third-order valence-corrected chi connectivity index (χ3v) is 5.45. The molecule has 1 aliphatic heterocycles. The number of hydrogen-bond acceptors (Lipinski definition) is 7. The zero-order valence-corrected chi connectivity index (χ0v) is 17.9. The largest absolute Gasteiger partial charge is 0.493 e. The first-order valence-electron chi connectivity index (χ1n) is 10.1. The molecule has 1 N–H and O–H groups in total. The number of hydrogen-bond donors (Lipinski definition) is 1. The number of nitrogens with one attached hydrogen (secondary N) is 1. The Morgan fingerprint density at radius 1 is 1.12 bits per heavy atom. The molecule has 164 valence electrons. The molecular weight excluding hydrogens is 412 g/mol. The lowest BCUT2D eigenvalue weighted by Gasteiger charge is -2.33. The molecule has 3 aromatic heterocycles. The van der Waals surface area contributed by atoms with E-state index in [1.165, 1.54) is 0 Å². The molecule has 32 heavy (non-hydrogen) atoms. The van der Waals surface area contributed by atoms with Gasteiger partial charge in [-0.2, -0.15) is 0 Å². The number of aromatic nitrogens is 4. The van der Waals surface area contributed by atoms with Crippen LogP contribution in [-0.2, 0) is 6.54 Å². The van der Waals surface area contributed by atoms with Gasteiger partial charge in [0.25, 0.3) is 0 Å². The van der Waals surface area contributed by atoms with Crippen LogP contribution in [0.4, 0.5) is 0 Å². The standard InChI is InChI=1S/C23H22N4O5/c1-13-20(15-6-7-19(30-3)25-11-15)32-21-17(29-2)9-14(10-18(21)31-13)12-27-22-16(26-23(27)28)5-4-8-24-22/h4-11,13,20H,12H2,1-3H3,(H,26,28)/t13?,20-/m1/s1. The van der Waals surface area contributed by atoms with Gasteiger partial charge in [-0.15, -0.1) is 0 Å². The fraction of sp³-hybridized carbons (Fsp3) is 0.261. The van der Waals surface area contributed by atoms with Crippen molar-refractivity contribution in [3.63, 3.8) is 0 Å². The average molecular weight is 434 g/mol. The smallest absolute Gasteiger partial charge is 0.327 e. The number of benzene rings is 1. The van der Waals surface area contributed by atoms with Crippen LogP contribution in [0, 0.1) is 0 Å². The molecule has 0 saturated carbocycles. The first-order valence-corrected chi connectivity index (χ1v) is 10.1. The number of methoxy groups -OCH3 is 2. The van der Waals surface area contributed by atoms with Gasteiger partial charge in [0.05, 0.1) is 26.3 Å². The molecule has 0 fully saturated rings. The Balaban J connectivity index is 1.49. The van der Waals surface area contributed by atoms with Crippen molar-refractivity contribution in [1.29, 1.82) is 0 Å². The van der Waals surface area contributed by atoms with Gasteiger partial charge < -0.3 is 23.9 Å². The van der Waals surface area contributed by atoms with Crippen LogP contribution in [0.1, 0.15) is 24.2 Å². The van der Waals surface area contributed by atoms with Crippen molar-refractivity contribution in [3.05, 3.63) is 70.4 Å². The Bertz CT molecular complexity index is 1330. The third-order valence-electron chi connectivity index (χ3n) is 5.45. The molecule has 0 spiro atoms. The number of ether oxygens (including phenoxy) is 4. The van der Waals surface area contributed by atoms with Gasteiger partial charge in [0.2, 0.25) is 11.6 Å². The number of fused-ring (bicyclic) bond motifs is 2. The van der Waals surface area contributed by atoms with Crippen molar-refractivity contribution in [1.82, 2.24) is 19.5 Å². The summed E-state index contributed by atoms with van der Waals surface area (Å²) in [4.78, 5) is 23.9. The molecule has 4 aromatic rings. The summed E-state index contributed by atoms with van der Waals surface area (Å²) in [5.74, 6) is 2.13. The van der Waals surface area contributed by atoms with Gasteiger partial charge in [-0.3, -0.25) is 4.57 Å². The highest BCUT2D eigenvalue weighted by molar-refractivity contribution is 5.70. The average Bonchev–Trinajstić information content (AvgIpc) is 3.13. The predicted octanol–water partition coefficient (Wildman–Crippen LogP) is 3.09. The second kappa shape index (κ2) is 7.92. The maximum Gasteiger partial charge on any atom is 0.327 e. The highest BCUT2D eigenvalue weighted by Gasteiger charge is 2.32. The van der Waals surface area contributed by atoms with E-state index >= 15 is 0 Å². The third kappa shape index (κ3) is 3.41. The highest BCUT2D eigenvalue weighted by Crippen LogP contribution is 2.46. The molecule has 2 atom stereocenters. The summed E-state index contributed by atoms with van der Waals surface area (Å²) < 4.78 is 24.8. The van der Waals surface area contributed by atoms with Crippen LogP contribution in [0.2, 0.25) is 0 Å². The minimum Gasteiger partial charge on any atom is -0.493 e. The van der Waals surface area contributed by atoms with E-state index in [-0.39, 0.29) is 17.9 Å². The van der Waals surface area contributed by atoms with Crippen LogP contribution < -0.4 is 24.6 Å². The van der Waals surface area contributed by atoms with E-state index < -0.39 is 0 Å². The van der Waals surface area contributed by atoms with Crippen LogP contribution in [0.25, 0.3) is 11.2 Å². The first kappa shape index (κ1) is 19.9. The number of H-pyrrole nitrogens is 1. The van der Waals surface area contributed by atoms with Crippen molar-refractivity contribution >= 4 is 11.2 Å². The maximum absolute atomic E-state index is 12.4. The zero-order chi connectivity index (χ0) is 22.2. The fourth-order valence-electron chi connectivity index (χ4n) is 3.90. The van der Waals surface area contributed by atoms with E-state index in [4.69, 9.17) is 18.9 Å². The summed E-state index contributed by atoms with van der Waals surface area (Å²) in [5, 5.41) is 0. The molecule has 1 unspecified atom stereocenters. The van der Waals surface area contributed by atoms with Gasteiger partial charge in [-0.25, -0.2) is 14.8 Å². The molecule has 0 bridgehead atoms. The monoisotopic (exact) mass is 434 g/mol. The Labute approximate surface area is 183 Å². The molecule has 4 heterocycles. The number of imidazole rings is 1. The topological polar surface area (TPSA) is 100 Å². The summed E-state index contributed by atoms with van der Waals surface area (Å²) in [6.07, 6.45) is 2.74. The summed E-state index contributed by atoms with van der Waals surface area (Å²) in [7, 11) is 3.15. The fourth-order valence-corrected chi connectivity index (χ4v) is 3.90. The van der Waals surface area contributed by atoms with Gasteiger partial charge in [0, 0.05) is 24.0 Å². The van der Waals surface area contributed by atoms with Crippen LogP contribution in [0.3, 0.4) is 0 Å². The summed E-state index contributed by atoms with van der Waals surface area (Å²) in [5.41, 5.74) is 2.74. The number of pyridine rings is 2. The normalized spacial score (nSPS) is 17.3. The molecule has 0 amide bonds. The summed E-state index contributed by atoms with van der Waals surface area (Å²) >= 11 is 0. The lowest BCUT2D eigenvalue weighted by Crippen LogP contribution is -2.31. The molecule has 5 rings (SSSR count). The number of aromatic amines is 1. The van der Waals surface area contributed by atoms with E-state index in [1.807, 2.05) is 31.2 Å². The van der Waals surface area contributed by atoms with Crippen LogP contribution in [-0.4, -0.2) is 39.8 Å². The molecule has 1 aliphatic rings. The molecular formula is C23H22N4O5. The van der Waals surface area contributed by atoms with Crippen molar-refractivity contribution < 1.29 is 18.9 Å². The Morgan fingerprint density at radius 2 is 2.00 bits per heavy atom. The molecule has 1 aromatic carbocycles. The summed E-state index contributed by atoms with van der Waals surface area (Å²) in [6, 6.07) is 11.0. The minimum absolute atomic E-state index is 0.229. The summed E-state index contributed by atoms with van der Waals surface area (Å²) in [6.45, 7) is 2.24. The van der Waals surface area contributed by atoms with Gasteiger partial charge >= 0.3 is 5.69 Å². The van der Waals surface area contributed by atoms with Gasteiger partial charge in [0.1, 0.15) is 6.10 Å². The highest BCUT2D eigenvalue weighted by atomic mass is 16.6. The quantitative estimate of drug-likeness (QED) is 0.515. The maximum atomic E-state index is 12.4. The van der Waals surface area contributed by atoms with Crippen LogP contribution >= 0.6 is 0 Å². The van der Waals surface area contributed by atoms with Crippen molar-refractivity contribution in [2.75, 3.05) is 14.2 Å². The van der Waals surface area contributed by atoms with Gasteiger partial charge in [-0.1, -0.05) is 0 Å². The molecule has 9 heteroatoms. The van der Waals surface area contributed by atoms with E-state index in [0.29, 0.717) is 40.8 Å². The van der Waals surface area contributed by atoms with Crippen molar-refractivity contribution in [3.8, 4) is 23.1 Å². The van der Waals surface area contributed by atoms with E-state index in [2.05, 4.69) is 15.0 Å². The lowest BCUT2D eigenvalue weighted by molar-refractivity contribution is 0.0277. The van der Waals surface area contributed by atoms with Gasteiger partial charge in [0.15, 0.2) is 23.3 Å². The zero-order valence-electron chi connectivity index (χ0n) is 17.9. The second-order valence-corrected chi connectivity index (χ2v) is 7.51. The lowest BCUT2D eigenvalue weighted by atomic mass is 10.0.